The zero-order valence-corrected chi connectivity index (χ0v) is 14.7. The van der Waals surface area contributed by atoms with Gasteiger partial charge in [-0.1, -0.05) is 42.0 Å². The molecule has 6 nitrogen and oxygen atoms in total. The van der Waals surface area contributed by atoms with E-state index in [1.165, 1.54) is 5.56 Å². The highest BCUT2D eigenvalue weighted by atomic mass is 16.5. The van der Waals surface area contributed by atoms with E-state index in [2.05, 4.69) is 20.7 Å². The van der Waals surface area contributed by atoms with Crippen molar-refractivity contribution in [3.63, 3.8) is 0 Å². The molecule has 0 saturated heterocycles. The molecule has 0 radical (unpaired) electrons. The standard InChI is InChI=1S/C20H20N4O2/c1-14-3-7-16(8-4-14)20-17(13-22-24-20)12-21-23-19(25)11-15-5-9-18(26-2)10-6-15/h3-10,12-13H,11H2,1-2H3,(H,22,24)(H,23,25)/b21-12-. The number of ether oxygens (including phenoxy) is 1. The lowest BCUT2D eigenvalue weighted by Gasteiger charge is -2.03. The Morgan fingerprint density at radius 1 is 1.19 bits per heavy atom. The Balaban J connectivity index is 1.61. The predicted octanol–water partition coefficient (Wildman–Crippen LogP) is 3.09. The molecule has 0 aliphatic heterocycles. The van der Waals surface area contributed by atoms with Crippen LogP contribution in [0.2, 0.25) is 0 Å². The average Bonchev–Trinajstić information content (AvgIpc) is 3.11. The van der Waals surface area contributed by atoms with E-state index in [-0.39, 0.29) is 12.3 Å². The van der Waals surface area contributed by atoms with Gasteiger partial charge in [0.25, 0.3) is 0 Å². The molecule has 2 N–H and O–H groups in total. The van der Waals surface area contributed by atoms with Gasteiger partial charge in [-0.25, -0.2) is 5.43 Å². The molecule has 3 aromatic rings. The molecule has 0 aliphatic rings. The van der Waals surface area contributed by atoms with Crippen LogP contribution in [0.3, 0.4) is 0 Å². The monoisotopic (exact) mass is 348 g/mol. The van der Waals surface area contributed by atoms with Crippen molar-refractivity contribution in [1.29, 1.82) is 0 Å². The molecule has 0 aliphatic carbocycles. The van der Waals surface area contributed by atoms with Crippen molar-refractivity contribution in [3.05, 3.63) is 71.4 Å². The summed E-state index contributed by atoms with van der Waals surface area (Å²) in [5.41, 5.74) is 7.30. The van der Waals surface area contributed by atoms with Crippen LogP contribution in [0.5, 0.6) is 5.75 Å². The van der Waals surface area contributed by atoms with Crippen LogP contribution in [-0.4, -0.2) is 29.4 Å². The van der Waals surface area contributed by atoms with Gasteiger partial charge in [0.1, 0.15) is 5.75 Å². The van der Waals surface area contributed by atoms with E-state index >= 15 is 0 Å². The summed E-state index contributed by atoms with van der Waals surface area (Å²) >= 11 is 0. The van der Waals surface area contributed by atoms with Gasteiger partial charge in [0.15, 0.2) is 0 Å². The van der Waals surface area contributed by atoms with Crippen molar-refractivity contribution >= 4 is 12.1 Å². The second-order valence-electron chi connectivity index (χ2n) is 5.88. The topological polar surface area (TPSA) is 79.4 Å². The van der Waals surface area contributed by atoms with Crippen LogP contribution in [0.25, 0.3) is 11.3 Å². The maximum absolute atomic E-state index is 12.0. The number of nitrogens with zero attached hydrogens (tertiary/aromatic N) is 2. The molecule has 26 heavy (non-hydrogen) atoms. The Morgan fingerprint density at radius 3 is 2.62 bits per heavy atom. The minimum absolute atomic E-state index is 0.188. The number of methoxy groups -OCH3 is 1. The molecule has 1 heterocycles. The van der Waals surface area contributed by atoms with E-state index in [4.69, 9.17) is 4.74 Å². The number of benzene rings is 2. The highest BCUT2D eigenvalue weighted by Gasteiger charge is 2.06. The molecule has 6 heteroatoms. The SMILES string of the molecule is COc1ccc(CC(=O)N/N=C\c2cn[nH]c2-c2ccc(C)cc2)cc1. The second kappa shape index (κ2) is 8.11. The lowest BCUT2D eigenvalue weighted by Crippen LogP contribution is -2.19. The first-order valence-corrected chi connectivity index (χ1v) is 8.21. The normalized spacial score (nSPS) is 10.8. The van der Waals surface area contributed by atoms with Crippen LogP contribution >= 0.6 is 0 Å². The zero-order chi connectivity index (χ0) is 18.4. The lowest BCUT2D eigenvalue weighted by atomic mass is 10.1. The number of carbonyl (C=O) groups is 1. The number of aromatic nitrogens is 2. The number of aromatic amines is 1. The fourth-order valence-corrected chi connectivity index (χ4v) is 2.49. The Labute approximate surface area is 151 Å². The predicted molar refractivity (Wildman–Crippen MR) is 101 cm³/mol. The van der Waals surface area contributed by atoms with Crippen LogP contribution in [0, 0.1) is 6.92 Å². The van der Waals surface area contributed by atoms with Crippen LogP contribution in [-0.2, 0) is 11.2 Å². The summed E-state index contributed by atoms with van der Waals surface area (Å²) in [6.07, 6.45) is 3.51. The van der Waals surface area contributed by atoms with Crippen LogP contribution in [0.1, 0.15) is 16.7 Å². The minimum Gasteiger partial charge on any atom is -0.497 e. The molecule has 132 valence electrons. The van der Waals surface area contributed by atoms with Gasteiger partial charge in [-0.15, -0.1) is 0 Å². The van der Waals surface area contributed by atoms with Crippen molar-refractivity contribution in [2.45, 2.75) is 13.3 Å². The van der Waals surface area contributed by atoms with Gasteiger partial charge in [0.2, 0.25) is 5.91 Å². The Kier molecular flexibility index (Phi) is 5.43. The molecule has 0 bridgehead atoms. The molecule has 2 aromatic carbocycles. The second-order valence-corrected chi connectivity index (χ2v) is 5.88. The molecule has 1 amide bonds. The Bertz CT molecular complexity index is 896. The van der Waals surface area contributed by atoms with Crippen LogP contribution in [0.15, 0.2) is 59.8 Å². The van der Waals surface area contributed by atoms with Crippen LogP contribution in [0.4, 0.5) is 0 Å². The van der Waals surface area contributed by atoms with Crippen molar-refractivity contribution in [1.82, 2.24) is 15.6 Å². The summed E-state index contributed by atoms with van der Waals surface area (Å²) in [6.45, 7) is 2.04. The highest BCUT2D eigenvalue weighted by molar-refractivity contribution is 5.89. The number of hydrogen-bond acceptors (Lipinski definition) is 4. The number of carbonyl (C=O) groups excluding carboxylic acids is 1. The fourth-order valence-electron chi connectivity index (χ4n) is 2.49. The highest BCUT2D eigenvalue weighted by Crippen LogP contribution is 2.20. The van der Waals surface area contributed by atoms with E-state index in [1.54, 1.807) is 19.5 Å². The van der Waals surface area contributed by atoms with Gasteiger partial charge in [0.05, 0.1) is 31.6 Å². The number of nitrogens with one attached hydrogen (secondary N) is 2. The maximum Gasteiger partial charge on any atom is 0.244 e. The number of rotatable bonds is 6. The first-order chi connectivity index (χ1) is 12.7. The molecule has 0 spiro atoms. The molecule has 0 unspecified atom stereocenters. The molecule has 0 atom stereocenters. The van der Waals surface area contributed by atoms with Crippen LogP contribution < -0.4 is 10.2 Å². The van der Waals surface area contributed by atoms with Gasteiger partial charge < -0.3 is 4.74 Å². The Morgan fingerprint density at radius 2 is 1.92 bits per heavy atom. The van der Waals surface area contributed by atoms with Gasteiger partial charge in [-0.05, 0) is 24.6 Å². The summed E-state index contributed by atoms with van der Waals surface area (Å²) in [7, 11) is 1.61. The van der Waals surface area contributed by atoms with Gasteiger partial charge in [0, 0.05) is 11.1 Å². The largest absolute Gasteiger partial charge is 0.497 e. The molecule has 3 rings (SSSR count). The number of amides is 1. The first-order valence-electron chi connectivity index (χ1n) is 8.21. The van der Waals surface area contributed by atoms with E-state index in [0.717, 1.165) is 28.1 Å². The summed E-state index contributed by atoms with van der Waals surface area (Å²) in [6, 6.07) is 15.5. The smallest absolute Gasteiger partial charge is 0.244 e. The summed E-state index contributed by atoms with van der Waals surface area (Å²) in [5.74, 6) is 0.572. The molecule has 0 fully saturated rings. The van der Waals surface area contributed by atoms with Gasteiger partial charge in [-0.2, -0.15) is 10.2 Å². The van der Waals surface area contributed by atoms with Gasteiger partial charge >= 0.3 is 0 Å². The molecular weight excluding hydrogens is 328 g/mol. The van der Waals surface area contributed by atoms with Gasteiger partial charge in [-0.3, -0.25) is 9.89 Å². The summed E-state index contributed by atoms with van der Waals surface area (Å²) < 4.78 is 5.10. The third kappa shape index (κ3) is 4.36. The van der Waals surface area contributed by atoms with Crippen molar-refractivity contribution in [2.75, 3.05) is 7.11 Å². The fraction of sp³-hybridized carbons (Fsp3) is 0.150. The Hall–Kier alpha value is -3.41. The summed E-state index contributed by atoms with van der Waals surface area (Å²) in [5, 5.41) is 11.1. The number of hydrogen-bond donors (Lipinski definition) is 2. The first kappa shape index (κ1) is 17.4. The number of hydrazone groups is 1. The maximum atomic E-state index is 12.0. The minimum atomic E-state index is -0.188. The van der Waals surface area contributed by atoms with E-state index in [0.29, 0.717) is 0 Å². The third-order valence-electron chi connectivity index (χ3n) is 3.93. The van der Waals surface area contributed by atoms with E-state index in [1.807, 2.05) is 55.5 Å². The lowest BCUT2D eigenvalue weighted by molar-refractivity contribution is -0.120. The zero-order valence-electron chi connectivity index (χ0n) is 14.7. The molecular formula is C20H20N4O2. The molecule has 1 aromatic heterocycles. The molecule has 0 saturated carbocycles. The quantitative estimate of drug-likeness (QED) is 0.531. The third-order valence-corrected chi connectivity index (χ3v) is 3.93. The van der Waals surface area contributed by atoms with Crippen molar-refractivity contribution in [3.8, 4) is 17.0 Å². The average molecular weight is 348 g/mol. The van der Waals surface area contributed by atoms with E-state index < -0.39 is 0 Å². The summed E-state index contributed by atoms with van der Waals surface area (Å²) in [4.78, 5) is 12.0. The van der Waals surface area contributed by atoms with Crippen molar-refractivity contribution < 1.29 is 9.53 Å². The van der Waals surface area contributed by atoms with Crippen molar-refractivity contribution in [2.24, 2.45) is 5.10 Å². The van der Waals surface area contributed by atoms with E-state index in [9.17, 15) is 4.79 Å². The number of aryl methyl sites for hydroxylation is 1. The number of H-pyrrole nitrogens is 1.